The van der Waals surface area contributed by atoms with Gasteiger partial charge in [0.15, 0.2) is 0 Å². The predicted octanol–water partition coefficient (Wildman–Crippen LogP) is 4.61. The zero-order valence-electron chi connectivity index (χ0n) is 16.7. The van der Waals surface area contributed by atoms with Gasteiger partial charge in [0.1, 0.15) is 0 Å². The van der Waals surface area contributed by atoms with Crippen molar-refractivity contribution in [3.05, 3.63) is 70.7 Å². The summed E-state index contributed by atoms with van der Waals surface area (Å²) in [7, 11) is 1.78. The molecule has 2 atom stereocenters. The molecule has 0 bridgehead atoms. The fourth-order valence-electron chi connectivity index (χ4n) is 3.57. The van der Waals surface area contributed by atoms with Gasteiger partial charge in [-0.3, -0.25) is 4.90 Å². The van der Waals surface area contributed by atoms with E-state index < -0.39 is 6.10 Å². The van der Waals surface area contributed by atoms with Gasteiger partial charge in [0.2, 0.25) is 0 Å². The minimum Gasteiger partial charge on any atom is -0.388 e. The number of aliphatic hydroxyl groups is 1. The topological polar surface area (TPSA) is 35.9 Å². The molecule has 29 heavy (non-hydrogen) atoms. The summed E-state index contributed by atoms with van der Waals surface area (Å²) in [6.07, 6.45) is 0.424. The van der Waals surface area contributed by atoms with Crippen molar-refractivity contribution in [2.24, 2.45) is 0 Å². The maximum absolute atomic E-state index is 10.4. The van der Waals surface area contributed by atoms with Gasteiger partial charge in [0.25, 0.3) is 0 Å². The minimum atomic E-state index is -0.434. The zero-order chi connectivity index (χ0) is 19.1. The second kappa shape index (κ2) is 13.5. The van der Waals surface area contributed by atoms with Gasteiger partial charge in [0.05, 0.1) is 12.2 Å². The van der Waals surface area contributed by atoms with Crippen LogP contribution in [0.2, 0.25) is 5.02 Å². The van der Waals surface area contributed by atoms with E-state index in [1.165, 1.54) is 5.56 Å². The van der Waals surface area contributed by atoms with E-state index in [-0.39, 0.29) is 30.9 Å². The second-order valence-electron chi connectivity index (χ2n) is 7.13. The Bertz CT molecular complexity index is 680. The number of rotatable bonds is 8. The first-order valence-corrected chi connectivity index (χ1v) is 9.99. The molecule has 0 aliphatic carbocycles. The Balaban J connectivity index is 0.00000210. The number of aliphatic hydroxyl groups excluding tert-OH is 1. The molecule has 7 heteroatoms. The first-order valence-electron chi connectivity index (χ1n) is 9.61. The van der Waals surface area contributed by atoms with E-state index in [0.29, 0.717) is 5.02 Å². The largest absolute Gasteiger partial charge is 0.388 e. The standard InChI is InChI=1S/C22H29ClN2O2.2ClH/c1-27-22(19-5-3-2-4-6-19)17-25-15-13-24(14-16-25)12-11-21(26)18-7-9-20(23)10-8-18;;/h2-10,21-22,26H,11-17H2,1H3;2*1H. The smallest absolute Gasteiger partial charge is 0.0947 e. The molecule has 4 nitrogen and oxygen atoms in total. The second-order valence-corrected chi connectivity index (χ2v) is 7.57. The fraction of sp³-hybridized carbons (Fsp3) is 0.455. The van der Waals surface area contributed by atoms with Crippen molar-refractivity contribution >= 4 is 36.4 Å². The van der Waals surface area contributed by atoms with Gasteiger partial charge in [-0.1, -0.05) is 54.1 Å². The van der Waals surface area contributed by atoms with E-state index >= 15 is 0 Å². The van der Waals surface area contributed by atoms with Gasteiger partial charge in [-0.05, 0) is 29.7 Å². The lowest BCUT2D eigenvalue weighted by Gasteiger charge is -2.36. The van der Waals surface area contributed by atoms with Gasteiger partial charge in [-0.15, -0.1) is 24.8 Å². The van der Waals surface area contributed by atoms with Crippen LogP contribution >= 0.6 is 36.4 Å². The van der Waals surface area contributed by atoms with Gasteiger partial charge >= 0.3 is 0 Å². The zero-order valence-corrected chi connectivity index (χ0v) is 19.1. The van der Waals surface area contributed by atoms with Crippen LogP contribution < -0.4 is 0 Å². The van der Waals surface area contributed by atoms with Crippen molar-refractivity contribution in [2.75, 3.05) is 46.4 Å². The van der Waals surface area contributed by atoms with Crippen LogP contribution in [0.5, 0.6) is 0 Å². The summed E-state index contributed by atoms with van der Waals surface area (Å²) in [6.45, 7) is 5.94. The molecule has 2 aromatic carbocycles. The molecule has 3 rings (SSSR count). The van der Waals surface area contributed by atoms with Crippen molar-refractivity contribution < 1.29 is 9.84 Å². The van der Waals surface area contributed by atoms with Crippen molar-refractivity contribution in [2.45, 2.75) is 18.6 Å². The third kappa shape index (κ3) is 8.06. The van der Waals surface area contributed by atoms with E-state index in [1.54, 1.807) is 7.11 Å². The molecule has 1 N–H and O–H groups in total. The lowest BCUT2D eigenvalue weighted by molar-refractivity contribution is 0.0387. The van der Waals surface area contributed by atoms with Crippen LogP contribution in [0.4, 0.5) is 0 Å². The molecule has 0 amide bonds. The highest BCUT2D eigenvalue weighted by atomic mass is 35.5. The number of benzene rings is 2. The van der Waals surface area contributed by atoms with E-state index in [1.807, 2.05) is 30.3 Å². The molecular weight excluding hydrogens is 431 g/mol. The summed E-state index contributed by atoms with van der Waals surface area (Å²) in [5.74, 6) is 0. The number of nitrogens with zero attached hydrogens (tertiary/aromatic N) is 2. The molecule has 1 aliphatic rings. The highest BCUT2D eigenvalue weighted by Crippen LogP contribution is 2.21. The summed E-state index contributed by atoms with van der Waals surface area (Å²) >= 11 is 5.91. The Kier molecular flexibility index (Phi) is 12.1. The summed E-state index contributed by atoms with van der Waals surface area (Å²) in [5, 5.41) is 11.1. The fourth-order valence-corrected chi connectivity index (χ4v) is 3.70. The van der Waals surface area contributed by atoms with E-state index in [0.717, 1.165) is 51.3 Å². The highest BCUT2D eigenvalue weighted by Gasteiger charge is 2.21. The normalized spacial score (nSPS) is 17.1. The Morgan fingerprint density at radius 1 is 0.897 bits per heavy atom. The van der Waals surface area contributed by atoms with Crippen molar-refractivity contribution in [1.29, 1.82) is 0 Å². The average molecular weight is 462 g/mol. The minimum absolute atomic E-state index is 0. The number of halogens is 3. The van der Waals surface area contributed by atoms with Gasteiger partial charge in [0, 0.05) is 51.4 Å². The Morgan fingerprint density at radius 2 is 1.48 bits per heavy atom. The van der Waals surface area contributed by atoms with Crippen LogP contribution in [0.15, 0.2) is 54.6 Å². The SMILES string of the molecule is COC(CN1CCN(CCC(O)c2ccc(Cl)cc2)CC1)c1ccccc1.Cl.Cl. The number of piperazine rings is 1. The predicted molar refractivity (Wildman–Crippen MR) is 125 cm³/mol. The summed E-state index contributed by atoms with van der Waals surface area (Å²) in [5.41, 5.74) is 2.16. The molecule has 1 fully saturated rings. The Morgan fingerprint density at radius 3 is 2.07 bits per heavy atom. The molecule has 2 aromatic rings. The molecule has 162 valence electrons. The quantitative estimate of drug-likeness (QED) is 0.622. The van der Waals surface area contributed by atoms with Gasteiger partial charge in [-0.2, -0.15) is 0 Å². The highest BCUT2D eigenvalue weighted by molar-refractivity contribution is 6.30. The van der Waals surface area contributed by atoms with Crippen LogP contribution in [-0.2, 0) is 4.74 Å². The third-order valence-electron chi connectivity index (χ3n) is 5.32. The Hall–Kier alpha value is -0.850. The molecule has 1 aliphatic heterocycles. The van der Waals surface area contributed by atoms with Crippen LogP contribution in [-0.4, -0.2) is 61.3 Å². The van der Waals surface area contributed by atoms with Crippen LogP contribution in [0.3, 0.4) is 0 Å². The molecule has 2 unspecified atom stereocenters. The van der Waals surface area contributed by atoms with E-state index in [2.05, 4.69) is 34.1 Å². The molecule has 0 radical (unpaired) electrons. The van der Waals surface area contributed by atoms with Crippen molar-refractivity contribution in [3.8, 4) is 0 Å². The van der Waals surface area contributed by atoms with Gasteiger partial charge in [-0.25, -0.2) is 0 Å². The third-order valence-corrected chi connectivity index (χ3v) is 5.57. The van der Waals surface area contributed by atoms with E-state index in [9.17, 15) is 5.11 Å². The summed E-state index contributed by atoms with van der Waals surface area (Å²) in [4.78, 5) is 4.90. The molecule has 1 saturated heterocycles. The average Bonchev–Trinajstić information content (AvgIpc) is 2.72. The molecule has 1 heterocycles. The number of ether oxygens (including phenoxy) is 1. The maximum Gasteiger partial charge on any atom is 0.0947 e. The number of hydrogen-bond donors (Lipinski definition) is 1. The molecule has 0 spiro atoms. The molecule has 0 aromatic heterocycles. The monoisotopic (exact) mass is 460 g/mol. The summed E-state index contributed by atoms with van der Waals surface area (Å²) < 4.78 is 5.70. The molecule has 0 saturated carbocycles. The summed E-state index contributed by atoms with van der Waals surface area (Å²) in [6, 6.07) is 17.9. The van der Waals surface area contributed by atoms with Crippen molar-refractivity contribution in [1.82, 2.24) is 9.80 Å². The van der Waals surface area contributed by atoms with Crippen LogP contribution in [0.25, 0.3) is 0 Å². The lowest BCUT2D eigenvalue weighted by Crippen LogP contribution is -2.47. The lowest BCUT2D eigenvalue weighted by atomic mass is 10.1. The van der Waals surface area contributed by atoms with Gasteiger partial charge < -0.3 is 14.7 Å². The first kappa shape index (κ1) is 26.2. The van der Waals surface area contributed by atoms with Crippen LogP contribution in [0, 0.1) is 0 Å². The van der Waals surface area contributed by atoms with Crippen LogP contribution in [0.1, 0.15) is 29.8 Å². The number of methoxy groups -OCH3 is 1. The van der Waals surface area contributed by atoms with E-state index in [4.69, 9.17) is 16.3 Å². The molecular formula is C22H31Cl3N2O2. The maximum atomic E-state index is 10.4. The Labute approximate surface area is 191 Å². The number of hydrogen-bond acceptors (Lipinski definition) is 4. The first-order chi connectivity index (χ1) is 13.2. The van der Waals surface area contributed by atoms with Crippen molar-refractivity contribution in [3.63, 3.8) is 0 Å².